The summed E-state index contributed by atoms with van der Waals surface area (Å²) in [5.74, 6) is 0.657. The first-order valence-corrected chi connectivity index (χ1v) is 18.6. The molecule has 0 spiro atoms. The monoisotopic (exact) mass is 702 g/mol. The third kappa shape index (κ3) is 4.18. The highest BCUT2D eigenvalue weighted by atomic mass is 16.1. The second kappa shape index (κ2) is 11.3. The van der Waals surface area contributed by atoms with E-state index in [2.05, 4.69) is 143 Å². The molecule has 12 rings (SSSR count). The van der Waals surface area contributed by atoms with Crippen molar-refractivity contribution in [1.82, 2.24) is 18.5 Å². The average molecular weight is 703 g/mol. The molecule has 0 bridgehead atoms. The van der Waals surface area contributed by atoms with Crippen molar-refractivity contribution in [1.29, 1.82) is 0 Å². The molecule has 0 N–H and O–H groups in total. The standard InChI is InChI=1S/C50H30N4O/c55-50-38-20-8-7-19-37(38)47-46(28-25-41-48(47)54(50)49(51-41)31-13-3-1-4-14-31)53-43-22-12-10-18-36(43)40-30-33(24-27-45(40)53)32-23-26-44-39(29-32)35-17-9-11-21-42(35)52(44)34-15-5-2-6-16-34/h1-30H. The molecule has 0 saturated carbocycles. The lowest BCUT2D eigenvalue weighted by Crippen LogP contribution is -2.15. The maximum absolute atomic E-state index is 14.3. The predicted molar refractivity (Wildman–Crippen MR) is 227 cm³/mol. The predicted octanol–water partition coefficient (Wildman–Crippen LogP) is 12.0. The van der Waals surface area contributed by atoms with E-state index in [1.165, 1.54) is 38.1 Å². The molecule has 256 valence electrons. The normalized spacial score (nSPS) is 12.1. The first-order valence-electron chi connectivity index (χ1n) is 18.6. The summed E-state index contributed by atoms with van der Waals surface area (Å²) in [5, 5.41) is 7.41. The molecule has 0 unspecified atom stereocenters. The van der Waals surface area contributed by atoms with Gasteiger partial charge in [0.05, 0.1) is 38.8 Å². The van der Waals surface area contributed by atoms with Gasteiger partial charge in [-0.1, -0.05) is 115 Å². The summed E-state index contributed by atoms with van der Waals surface area (Å²) in [7, 11) is 0. The van der Waals surface area contributed by atoms with E-state index >= 15 is 0 Å². The van der Waals surface area contributed by atoms with Gasteiger partial charge in [0, 0.05) is 43.6 Å². The number of para-hydroxylation sites is 3. The Kier molecular flexibility index (Phi) is 6.14. The Hall–Kier alpha value is -7.50. The van der Waals surface area contributed by atoms with Crippen molar-refractivity contribution in [2.75, 3.05) is 0 Å². The fourth-order valence-corrected chi connectivity index (χ4v) is 9.01. The minimum Gasteiger partial charge on any atom is -0.309 e. The van der Waals surface area contributed by atoms with Gasteiger partial charge in [0.2, 0.25) is 0 Å². The average Bonchev–Trinajstić information content (AvgIpc) is 3.91. The lowest BCUT2D eigenvalue weighted by atomic mass is 10.0. The lowest BCUT2D eigenvalue weighted by Gasteiger charge is -2.14. The highest BCUT2D eigenvalue weighted by molar-refractivity contribution is 6.18. The largest absolute Gasteiger partial charge is 0.309 e. The van der Waals surface area contributed by atoms with E-state index in [-0.39, 0.29) is 5.56 Å². The van der Waals surface area contributed by atoms with Crippen molar-refractivity contribution < 1.29 is 0 Å². The van der Waals surface area contributed by atoms with E-state index in [1.807, 2.05) is 52.9 Å². The van der Waals surface area contributed by atoms with Crippen molar-refractivity contribution in [3.63, 3.8) is 0 Å². The Morgan fingerprint density at radius 3 is 1.60 bits per heavy atom. The number of benzene rings is 8. The number of hydrogen-bond acceptors (Lipinski definition) is 2. The Morgan fingerprint density at radius 1 is 0.400 bits per heavy atom. The van der Waals surface area contributed by atoms with Crippen molar-refractivity contribution >= 4 is 70.8 Å². The van der Waals surface area contributed by atoms with Crippen LogP contribution in [0.25, 0.3) is 105 Å². The lowest BCUT2D eigenvalue weighted by molar-refractivity contribution is 1.12. The van der Waals surface area contributed by atoms with Crippen LogP contribution in [0.3, 0.4) is 0 Å². The maximum Gasteiger partial charge on any atom is 0.264 e. The van der Waals surface area contributed by atoms with Gasteiger partial charge in [-0.05, 0) is 83.2 Å². The molecule has 0 radical (unpaired) electrons. The Labute approximate surface area is 314 Å². The minimum atomic E-state index is -0.0580. The summed E-state index contributed by atoms with van der Waals surface area (Å²) in [6, 6.07) is 63.8. The Bertz CT molecular complexity index is 3560. The van der Waals surface area contributed by atoms with Crippen molar-refractivity contribution in [2.24, 2.45) is 0 Å². The molecule has 8 aromatic carbocycles. The maximum atomic E-state index is 14.3. The molecule has 12 aromatic rings. The van der Waals surface area contributed by atoms with Gasteiger partial charge in [0.25, 0.3) is 5.56 Å². The van der Waals surface area contributed by atoms with Crippen LogP contribution < -0.4 is 5.56 Å². The number of rotatable bonds is 4. The fraction of sp³-hybridized carbons (Fsp3) is 0. The molecule has 4 heterocycles. The topological polar surface area (TPSA) is 44.2 Å². The molecular weight excluding hydrogens is 673 g/mol. The Balaban J connectivity index is 1.11. The highest BCUT2D eigenvalue weighted by Crippen LogP contribution is 2.41. The van der Waals surface area contributed by atoms with Crippen LogP contribution in [-0.2, 0) is 0 Å². The molecule has 0 aliphatic rings. The third-order valence-corrected chi connectivity index (χ3v) is 11.4. The van der Waals surface area contributed by atoms with E-state index in [0.717, 1.165) is 55.3 Å². The van der Waals surface area contributed by atoms with E-state index < -0.39 is 0 Å². The zero-order valence-corrected chi connectivity index (χ0v) is 29.5. The quantitative estimate of drug-likeness (QED) is 0.171. The molecular formula is C50H30N4O. The van der Waals surface area contributed by atoms with E-state index in [0.29, 0.717) is 11.2 Å². The van der Waals surface area contributed by atoms with Gasteiger partial charge in [-0.2, -0.15) is 0 Å². The molecule has 5 nitrogen and oxygen atoms in total. The summed E-state index contributed by atoms with van der Waals surface area (Å²) in [4.78, 5) is 19.4. The van der Waals surface area contributed by atoms with E-state index in [1.54, 1.807) is 0 Å². The SMILES string of the molecule is O=c1c2ccccc2c2c(-n3c4ccccc4c4cc(-c5ccc6c(c5)c5ccccc5n6-c5ccccc5)ccc43)ccc3nc(-c4ccccc4)n1c32. The van der Waals surface area contributed by atoms with E-state index in [9.17, 15) is 4.79 Å². The van der Waals surface area contributed by atoms with Crippen LogP contribution in [0.5, 0.6) is 0 Å². The van der Waals surface area contributed by atoms with Crippen molar-refractivity contribution in [3.05, 3.63) is 192 Å². The summed E-state index contributed by atoms with van der Waals surface area (Å²) in [5.41, 5.74) is 11.6. The number of nitrogens with zero attached hydrogens (tertiary/aromatic N) is 4. The third-order valence-electron chi connectivity index (χ3n) is 11.4. The molecule has 5 heteroatoms. The van der Waals surface area contributed by atoms with Crippen LogP contribution in [0, 0.1) is 0 Å². The van der Waals surface area contributed by atoms with Gasteiger partial charge in [-0.25, -0.2) is 4.98 Å². The number of fused-ring (bicyclic) bond motifs is 8. The first-order chi connectivity index (χ1) is 27.2. The Morgan fingerprint density at radius 2 is 0.927 bits per heavy atom. The van der Waals surface area contributed by atoms with Gasteiger partial charge in [-0.3, -0.25) is 9.20 Å². The van der Waals surface area contributed by atoms with Gasteiger partial charge >= 0.3 is 0 Å². The summed E-state index contributed by atoms with van der Waals surface area (Å²) in [6.45, 7) is 0. The van der Waals surface area contributed by atoms with Crippen LogP contribution in [0.4, 0.5) is 0 Å². The minimum absolute atomic E-state index is 0.0580. The zero-order valence-electron chi connectivity index (χ0n) is 29.5. The summed E-state index contributed by atoms with van der Waals surface area (Å²) < 4.78 is 6.55. The molecule has 0 aliphatic heterocycles. The molecule has 4 aromatic heterocycles. The van der Waals surface area contributed by atoms with Gasteiger partial charge in [-0.15, -0.1) is 0 Å². The molecule has 0 aliphatic carbocycles. The molecule has 0 saturated heterocycles. The first kappa shape index (κ1) is 30.0. The highest BCUT2D eigenvalue weighted by Gasteiger charge is 2.23. The smallest absolute Gasteiger partial charge is 0.264 e. The summed E-state index contributed by atoms with van der Waals surface area (Å²) in [6.07, 6.45) is 0. The molecule has 0 atom stereocenters. The van der Waals surface area contributed by atoms with Gasteiger partial charge < -0.3 is 9.13 Å². The number of hydrogen-bond donors (Lipinski definition) is 0. The van der Waals surface area contributed by atoms with Gasteiger partial charge in [0.1, 0.15) is 5.82 Å². The van der Waals surface area contributed by atoms with Crippen LogP contribution in [-0.4, -0.2) is 18.5 Å². The fourth-order valence-electron chi connectivity index (χ4n) is 9.01. The number of aromatic nitrogens is 4. The molecule has 55 heavy (non-hydrogen) atoms. The second-order valence-electron chi connectivity index (χ2n) is 14.3. The second-order valence-corrected chi connectivity index (χ2v) is 14.3. The van der Waals surface area contributed by atoms with Gasteiger partial charge in [0.15, 0.2) is 0 Å². The molecule has 0 amide bonds. The van der Waals surface area contributed by atoms with Crippen molar-refractivity contribution in [3.8, 4) is 33.9 Å². The van der Waals surface area contributed by atoms with Crippen LogP contribution in [0.15, 0.2) is 187 Å². The molecule has 0 fully saturated rings. The zero-order chi connectivity index (χ0) is 36.2. The number of imidazole rings is 1. The van der Waals surface area contributed by atoms with Crippen molar-refractivity contribution in [2.45, 2.75) is 0 Å². The van der Waals surface area contributed by atoms with Crippen LogP contribution in [0.2, 0.25) is 0 Å². The summed E-state index contributed by atoms with van der Waals surface area (Å²) >= 11 is 0. The van der Waals surface area contributed by atoms with E-state index in [4.69, 9.17) is 4.98 Å². The van der Waals surface area contributed by atoms with Crippen LogP contribution in [0.1, 0.15) is 0 Å². The number of pyridine rings is 1. The van der Waals surface area contributed by atoms with Crippen LogP contribution >= 0.6 is 0 Å².